The number of carbonyl (C=O) groups excluding carboxylic acids is 2. The van der Waals surface area contributed by atoms with E-state index in [9.17, 15) is 9.59 Å². The van der Waals surface area contributed by atoms with Crippen LogP contribution in [0, 0.1) is 0 Å². The summed E-state index contributed by atoms with van der Waals surface area (Å²) in [5.41, 5.74) is 1.82. The molecule has 1 atom stereocenters. The van der Waals surface area contributed by atoms with E-state index in [4.69, 9.17) is 9.47 Å². The van der Waals surface area contributed by atoms with Gasteiger partial charge in [0.25, 0.3) is 0 Å². The molecule has 0 bridgehead atoms. The van der Waals surface area contributed by atoms with Crippen molar-refractivity contribution in [2.24, 2.45) is 0 Å². The third-order valence-electron chi connectivity index (χ3n) is 7.18. The van der Waals surface area contributed by atoms with Crippen molar-refractivity contribution >= 4 is 28.8 Å². The van der Waals surface area contributed by atoms with E-state index in [0.717, 1.165) is 30.6 Å². The maximum absolute atomic E-state index is 14.2. The van der Waals surface area contributed by atoms with Gasteiger partial charge in [0.1, 0.15) is 29.6 Å². The molecule has 1 aliphatic carbocycles. The molecule has 1 saturated carbocycles. The minimum Gasteiger partial charge on any atom is -0.494 e. The molecule has 214 valence electrons. The van der Waals surface area contributed by atoms with Crippen LogP contribution in [0.1, 0.15) is 55.5 Å². The predicted octanol–water partition coefficient (Wildman–Crippen LogP) is 4.90. The number of hydrogen-bond acceptors (Lipinski definition) is 8. The van der Waals surface area contributed by atoms with Crippen LogP contribution in [0.4, 0.5) is 5.69 Å². The summed E-state index contributed by atoms with van der Waals surface area (Å²) < 4.78 is 12.8. The van der Waals surface area contributed by atoms with Crippen LogP contribution in [-0.4, -0.2) is 51.8 Å². The molecule has 1 fully saturated rings. The lowest BCUT2D eigenvalue weighted by molar-refractivity contribution is -0.127. The first-order valence-corrected chi connectivity index (χ1v) is 14.7. The van der Waals surface area contributed by atoms with Gasteiger partial charge >= 0.3 is 0 Å². The van der Waals surface area contributed by atoms with Gasteiger partial charge in [0.05, 0.1) is 20.1 Å². The van der Waals surface area contributed by atoms with Crippen molar-refractivity contribution in [1.82, 2.24) is 25.5 Å². The second-order valence-electron chi connectivity index (χ2n) is 9.88. The van der Waals surface area contributed by atoms with Gasteiger partial charge in [-0.1, -0.05) is 37.5 Å². The number of amides is 2. The van der Waals surface area contributed by atoms with E-state index < -0.39 is 6.04 Å². The van der Waals surface area contributed by atoms with Crippen LogP contribution in [0.5, 0.6) is 11.5 Å². The van der Waals surface area contributed by atoms with E-state index in [1.807, 2.05) is 48.7 Å². The number of tetrazole rings is 1. The summed E-state index contributed by atoms with van der Waals surface area (Å²) in [5.74, 6) is 0.736. The third-order valence-corrected chi connectivity index (χ3v) is 8.05. The number of benzene rings is 2. The van der Waals surface area contributed by atoms with Gasteiger partial charge < -0.3 is 14.8 Å². The van der Waals surface area contributed by atoms with Gasteiger partial charge in [-0.15, -0.1) is 16.4 Å². The first-order chi connectivity index (χ1) is 20.1. The topological polar surface area (TPSA) is 111 Å². The monoisotopic (exact) mass is 574 g/mol. The van der Waals surface area contributed by atoms with Gasteiger partial charge in [-0.3, -0.25) is 14.5 Å². The van der Waals surface area contributed by atoms with Crippen LogP contribution in [0.3, 0.4) is 0 Å². The van der Waals surface area contributed by atoms with E-state index in [1.54, 1.807) is 30.2 Å². The second kappa shape index (κ2) is 13.4. The van der Waals surface area contributed by atoms with Crippen molar-refractivity contribution in [1.29, 1.82) is 0 Å². The van der Waals surface area contributed by atoms with Gasteiger partial charge in [0, 0.05) is 22.7 Å². The SMILES string of the molecule is CCOc1ccc([C@H](C(=O)NC2CCCCC2)N(C(=O)Cc2cccs2)c2ccc(-n3cnnn3)c(OC)c2)cc1. The first kappa shape index (κ1) is 28.3. The lowest BCUT2D eigenvalue weighted by Crippen LogP contribution is -2.47. The molecule has 11 heteroatoms. The van der Waals surface area contributed by atoms with E-state index in [-0.39, 0.29) is 24.3 Å². The molecule has 0 spiro atoms. The summed E-state index contributed by atoms with van der Waals surface area (Å²) in [7, 11) is 1.55. The quantitative estimate of drug-likeness (QED) is 0.271. The summed E-state index contributed by atoms with van der Waals surface area (Å²) in [6.07, 6.45) is 6.81. The molecule has 5 rings (SSSR count). The number of hydrogen-bond donors (Lipinski definition) is 1. The Balaban J connectivity index is 1.59. The summed E-state index contributed by atoms with van der Waals surface area (Å²) in [6.45, 7) is 2.45. The molecular weight excluding hydrogens is 540 g/mol. The lowest BCUT2D eigenvalue weighted by Gasteiger charge is -2.34. The number of aromatic nitrogens is 4. The van der Waals surface area contributed by atoms with Crippen molar-refractivity contribution < 1.29 is 19.1 Å². The molecule has 1 aliphatic rings. The minimum absolute atomic E-state index is 0.0763. The van der Waals surface area contributed by atoms with E-state index in [0.29, 0.717) is 35.0 Å². The number of rotatable bonds is 11. The zero-order chi connectivity index (χ0) is 28.6. The summed E-state index contributed by atoms with van der Waals surface area (Å²) in [6, 6.07) is 15.7. The van der Waals surface area contributed by atoms with Crippen molar-refractivity contribution in [3.8, 4) is 17.2 Å². The Morgan fingerprint density at radius 2 is 1.93 bits per heavy atom. The minimum atomic E-state index is -0.913. The molecule has 1 N–H and O–H groups in total. The molecule has 2 heterocycles. The molecule has 0 saturated heterocycles. The summed E-state index contributed by atoms with van der Waals surface area (Å²) >= 11 is 1.51. The van der Waals surface area contributed by atoms with E-state index >= 15 is 0 Å². The number of nitrogens with one attached hydrogen (secondary N) is 1. The van der Waals surface area contributed by atoms with Gasteiger partial charge in [0.15, 0.2) is 0 Å². The van der Waals surface area contributed by atoms with Crippen LogP contribution < -0.4 is 19.7 Å². The second-order valence-corrected chi connectivity index (χ2v) is 10.9. The Morgan fingerprint density at radius 3 is 2.59 bits per heavy atom. The smallest absolute Gasteiger partial charge is 0.248 e. The molecule has 41 heavy (non-hydrogen) atoms. The average molecular weight is 575 g/mol. The maximum Gasteiger partial charge on any atom is 0.248 e. The Morgan fingerprint density at radius 1 is 1.12 bits per heavy atom. The van der Waals surface area contributed by atoms with E-state index in [1.165, 1.54) is 28.8 Å². The largest absolute Gasteiger partial charge is 0.494 e. The van der Waals surface area contributed by atoms with Crippen LogP contribution in [0.25, 0.3) is 5.69 Å². The third kappa shape index (κ3) is 6.74. The molecular formula is C30H34N6O4S. The van der Waals surface area contributed by atoms with Crippen LogP contribution >= 0.6 is 11.3 Å². The maximum atomic E-state index is 14.2. The highest BCUT2D eigenvalue weighted by Gasteiger charge is 2.35. The number of ether oxygens (including phenoxy) is 2. The van der Waals surface area contributed by atoms with Crippen LogP contribution in [0.2, 0.25) is 0 Å². The molecule has 0 radical (unpaired) electrons. The van der Waals surface area contributed by atoms with E-state index in [2.05, 4.69) is 20.8 Å². The zero-order valence-corrected chi connectivity index (χ0v) is 24.0. The fraction of sp³-hybridized carbons (Fsp3) is 0.367. The Bertz CT molecular complexity index is 1420. The van der Waals surface area contributed by atoms with Gasteiger partial charge in [-0.05, 0) is 71.5 Å². The van der Waals surface area contributed by atoms with Crippen molar-refractivity contribution in [3.63, 3.8) is 0 Å². The lowest BCUT2D eigenvalue weighted by atomic mass is 9.94. The highest BCUT2D eigenvalue weighted by molar-refractivity contribution is 7.10. The molecule has 10 nitrogen and oxygen atoms in total. The molecule has 0 unspecified atom stereocenters. The zero-order valence-electron chi connectivity index (χ0n) is 23.2. The number of anilines is 1. The van der Waals surface area contributed by atoms with Crippen LogP contribution in [-0.2, 0) is 16.0 Å². The van der Waals surface area contributed by atoms with Crippen LogP contribution in [0.15, 0.2) is 66.3 Å². The Labute approximate surface area is 243 Å². The first-order valence-electron chi connectivity index (χ1n) is 13.9. The fourth-order valence-corrected chi connectivity index (χ4v) is 5.92. The Kier molecular flexibility index (Phi) is 9.25. The van der Waals surface area contributed by atoms with Crippen molar-refractivity contribution in [2.75, 3.05) is 18.6 Å². The number of nitrogens with zero attached hydrogens (tertiary/aromatic N) is 5. The highest BCUT2D eigenvalue weighted by Crippen LogP contribution is 2.35. The summed E-state index contributed by atoms with van der Waals surface area (Å²) in [5, 5.41) is 16.6. The number of thiophene rings is 1. The number of methoxy groups -OCH3 is 1. The van der Waals surface area contributed by atoms with Gasteiger partial charge in [-0.25, -0.2) is 0 Å². The predicted molar refractivity (Wildman–Crippen MR) is 157 cm³/mol. The van der Waals surface area contributed by atoms with Gasteiger partial charge in [0.2, 0.25) is 11.8 Å². The normalized spacial score (nSPS) is 14.3. The molecule has 2 aromatic carbocycles. The molecule has 2 aromatic heterocycles. The highest BCUT2D eigenvalue weighted by atomic mass is 32.1. The molecule has 4 aromatic rings. The average Bonchev–Trinajstić information content (AvgIpc) is 3.72. The Hall–Kier alpha value is -4.25. The molecule has 2 amide bonds. The van der Waals surface area contributed by atoms with Crippen molar-refractivity contribution in [2.45, 2.75) is 57.5 Å². The standard InChI is InChI=1S/C30H34N6O4S/c1-3-40-24-14-11-21(12-15-24)29(30(38)32-22-8-5-4-6-9-22)36(28(37)19-25-10-7-17-41-25)23-13-16-26(27(18-23)39-2)35-20-31-33-34-35/h7,10-18,20,22,29H,3-6,8-9,19H2,1-2H3,(H,32,38)/t29-/m1/s1. The molecule has 0 aliphatic heterocycles. The summed E-state index contributed by atoms with van der Waals surface area (Å²) in [4.78, 5) is 30.8. The van der Waals surface area contributed by atoms with Crippen molar-refractivity contribution in [3.05, 3.63) is 76.7 Å². The van der Waals surface area contributed by atoms with Gasteiger partial charge in [-0.2, -0.15) is 4.68 Å². The fourth-order valence-electron chi connectivity index (χ4n) is 5.22. The number of carbonyl (C=O) groups is 2.